The van der Waals surface area contributed by atoms with E-state index >= 15 is 0 Å². The zero-order valence-electron chi connectivity index (χ0n) is 12.0. The van der Waals surface area contributed by atoms with Gasteiger partial charge < -0.3 is 10.6 Å². The van der Waals surface area contributed by atoms with Crippen molar-refractivity contribution in [1.82, 2.24) is 5.32 Å². The number of hydrogen-bond acceptors (Lipinski definition) is 2. The molecule has 1 amide bonds. The maximum atomic E-state index is 13.4. The van der Waals surface area contributed by atoms with Crippen molar-refractivity contribution >= 4 is 11.6 Å². The van der Waals surface area contributed by atoms with Crippen molar-refractivity contribution in [3.63, 3.8) is 0 Å². The average Bonchev–Trinajstić information content (AvgIpc) is 2.50. The van der Waals surface area contributed by atoms with Crippen molar-refractivity contribution in [3.8, 4) is 0 Å². The Bertz CT molecular complexity index is 596. The van der Waals surface area contributed by atoms with Gasteiger partial charge in [0.2, 0.25) is 5.91 Å². The third-order valence-corrected chi connectivity index (χ3v) is 3.19. The lowest BCUT2D eigenvalue weighted by atomic mass is 10.1. The molecule has 2 N–H and O–H groups in total. The number of para-hydroxylation sites is 1. The van der Waals surface area contributed by atoms with Gasteiger partial charge in [-0.3, -0.25) is 4.79 Å². The lowest BCUT2D eigenvalue weighted by Crippen LogP contribution is -2.28. The first kappa shape index (κ1) is 15.2. The van der Waals surface area contributed by atoms with Crippen molar-refractivity contribution in [2.75, 3.05) is 11.9 Å². The number of aryl methyl sites for hydroxylation is 1. The molecule has 0 saturated heterocycles. The minimum atomic E-state index is -0.430. The van der Waals surface area contributed by atoms with Crippen LogP contribution < -0.4 is 10.6 Å². The molecule has 0 atom stereocenters. The van der Waals surface area contributed by atoms with Crippen LogP contribution in [-0.2, 0) is 17.8 Å². The molecular formula is C17H19FN2O. The summed E-state index contributed by atoms with van der Waals surface area (Å²) in [5, 5.41) is 5.58. The van der Waals surface area contributed by atoms with Gasteiger partial charge in [-0.1, -0.05) is 43.3 Å². The molecule has 110 valence electrons. The molecule has 0 saturated carbocycles. The highest BCUT2D eigenvalue weighted by atomic mass is 19.1. The fourth-order valence-corrected chi connectivity index (χ4v) is 1.97. The second kappa shape index (κ2) is 7.55. The minimum Gasteiger partial charge on any atom is -0.322 e. The number of halogens is 1. The van der Waals surface area contributed by atoms with Crippen LogP contribution >= 0.6 is 0 Å². The highest BCUT2D eigenvalue weighted by Crippen LogP contribution is 2.11. The van der Waals surface area contributed by atoms with Crippen LogP contribution in [0.2, 0.25) is 0 Å². The molecule has 4 heteroatoms. The largest absolute Gasteiger partial charge is 0.322 e. The zero-order chi connectivity index (χ0) is 15.1. The molecule has 0 heterocycles. The lowest BCUT2D eigenvalue weighted by Gasteiger charge is -2.08. The fraction of sp³-hybridized carbons (Fsp3) is 0.235. The summed E-state index contributed by atoms with van der Waals surface area (Å²) >= 11 is 0. The molecular weight excluding hydrogens is 267 g/mol. The predicted octanol–water partition coefficient (Wildman–Crippen LogP) is 3.12. The van der Waals surface area contributed by atoms with Gasteiger partial charge in [0.25, 0.3) is 0 Å². The summed E-state index contributed by atoms with van der Waals surface area (Å²) in [5.41, 5.74) is 2.61. The zero-order valence-corrected chi connectivity index (χ0v) is 12.0. The Morgan fingerprint density at radius 1 is 1.05 bits per heavy atom. The first-order chi connectivity index (χ1) is 10.2. The number of carbonyl (C=O) groups excluding carboxylic acids is 1. The van der Waals surface area contributed by atoms with Crippen LogP contribution in [0, 0.1) is 5.82 Å². The van der Waals surface area contributed by atoms with E-state index in [1.165, 1.54) is 17.7 Å². The first-order valence-corrected chi connectivity index (χ1v) is 7.02. The van der Waals surface area contributed by atoms with Gasteiger partial charge in [0.15, 0.2) is 0 Å². The van der Waals surface area contributed by atoms with E-state index in [-0.39, 0.29) is 18.1 Å². The molecule has 0 aliphatic rings. The van der Waals surface area contributed by atoms with Crippen LogP contribution in [0.25, 0.3) is 0 Å². The van der Waals surface area contributed by atoms with E-state index < -0.39 is 5.82 Å². The minimum absolute atomic E-state index is 0.143. The van der Waals surface area contributed by atoms with E-state index in [2.05, 4.69) is 29.7 Å². The van der Waals surface area contributed by atoms with E-state index in [4.69, 9.17) is 0 Å². The van der Waals surface area contributed by atoms with Crippen molar-refractivity contribution in [1.29, 1.82) is 0 Å². The number of benzene rings is 2. The summed E-state index contributed by atoms with van der Waals surface area (Å²) in [7, 11) is 0. The van der Waals surface area contributed by atoms with Gasteiger partial charge in [-0.2, -0.15) is 0 Å². The molecule has 0 aliphatic heterocycles. The standard InChI is InChI=1S/C17H19FN2O/c1-2-13-7-9-14(10-8-13)11-19-12-17(21)20-16-6-4-3-5-15(16)18/h3-10,19H,2,11-12H2,1H3,(H,20,21). The van der Waals surface area contributed by atoms with E-state index in [0.717, 1.165) is 12.0 Å². The Kier molecular flexibility index (Phi) is 5.46. The smallest absolute Gasteiger partial charge is 0.238 e. The van der Waals surface area contributed by atoms with E-state index in [1.807, 2.05) is 12.1 Å². The SMILES string of the molecule is CCc1ccc(CNCC(=O)Nc2ccccc2F)cc1. The number of hydrogen-bond donors (Lipinski definition) is 2. The molecule has 0 aromatic heterocycles. The Morgan fingerprint density at radius 3 is 2.38 bits per heavy atom. The number of anilines is 1. The lowest BCUT2D eigenvalue weighted by molar-refractivity contribution is -0.115. The predicted molar refractivity (Wildman–Crippen MR) is 82.6 cm³/mol. The first-order valence-electron chi connectivity index (χ1n) is 7.02. The maximum absolute atomic E-state index is 13.4. The summed E-state index contributed by atoms with van der Waals surface area (Å²) in [6.07, 6.45) is 1.01. The maximum Gasteiger partial charge on any atom is 0.238 e. The van der Waals surface area contributed by atoms with Crippen molar-refractivity contribution in [2.45, 2.75) is 19.9 Å². The Hall–Kier alpha value is -2.20. The molecule has 2 aromatic rings. The van der Waals surface area contributed by atoms with Gasteiger partial charge in [0, 0.05) is 6.54 Å². The quantitative estimate of drug-likeness (QED) is 0.856. The average molecular weight is 286 g/mol. The molecule has 0 spiro atoms. The number of carbonyl (C=O) groups is 1. The summed E-state index contributed by atoms with van der Waals surface area (Å²) in [5.74, 6) is -0.689. The second-order valence-corrected chi connectivity index (χ2v) is 4.80. The van der Waals surface area contributed by atoms with E-state index in [1.54, 1.807) is 12.1 Å². The Morgan fingerprint density at radius 2 is 1.71 bits per heavy atom. The van der Waals surface area contributed by atoms with Gasteiger partial charge in [-0.25, -0.2) is 4.39 Å². The summed E-state index contributed by atoms with van der Waals surface area (Å²) < 4.78 is 13.4. The van der Waals surface area contributed by atoms with Crippen molar-refractivity contribution in [2.24, 2.45) is 0 Å². The van der Waals surface area contributed by atoms with Crippen LogP contribution in [0.1, 0.15) is 18.1 Å². The van der Waals surface area contributed by atoms with Crippen LogP contribution in [0.15, 0.2) is 48.5 Å². The van der Waals surface area contributed by atoms with Crippen molar-refractivity contribution < 1.29 is 9.18 Å². The van der Waals surface area contributed by atoms with Gasteiger partial charge in [0.1, 0.15) is 5.82 Å². The number of nitrogens with one attached hydrogen (secondary N) is 2. The second-order valence-electron chi connectivity index (χ2n) is 4.80. The molecule has 2 aromatic carbocycles. The van der Waals surface area contributed by atoms with Crippen LogP contribution in [-0.4, -0.2) is 12.5 Å². The van der Waals surface area contributed by atoms with E-state index in [9.17, 15) is 9.18 Å². The molecule has 0 unspecified atom stereocenters. The number of amides is 1. The topological polar surface area (TPSA) is 41.1 Å². The van der Waals surface area contributed by atoms with E-state index in [0.29, 0.717) is 6.54 Å². The molecule has 0 bridgehead atoms. The molecule has 2 rings (SSSR count). The summed E-state index contributed by atoms with van der Waals surface area (Å²) in [6.45, 7) is 2.86. The molecule has 0 radical (unpaired) electrons. The van der Waals surface area contributed by atoms with Gasteiger partial charge in [-0.05, 0) is 29.7 Å². The Labute approximate surface area is 124 Å². The van der Waals surface area contributed by atoms with Gasteiger partial charge in [0.05, 0.1) is 12.2 Å². The van der Waals surface area contributed by atoms with Crippen LogP contribution in [0.3, 0.4) is 0 Å². The monoisotopic (exact) mass is 286 g/mol. The molecule has 0 aliphatic carbocycles. The molecule has 0 fully saturated rings. The molecule has 21 heavy (non-hydrogen) atoms. The summed E-state index contributed by atoms with van der Waals surface area (Å²) in [6, 6.07) is 14.4. The highest BCUT2D eigenvalue weighted by molar-refractivity contribution is 5.92. The number of rotatable bonds is 6. The molecule has 3 nitrogen and oxygen atoms in total. The van der Waals surface area contributed by atoms with Crippen LogP contribution in [0.4, 0.5) is 10.1 Å². The van der Waals surface area contributed by atoms with Gasteiger partial charge >= 0.3 is 0 Å². The van der Waals surface area contributed by atoms with Crippen LogP contribution in [0.5, 0.6) is 0 Å². The fourth-order valence-electron chi connectivity index (χ4n) is 1.97. The van der Waals surface area contributed by atoms with Gasteiger partial charge in [-0.15, -0.1) is 0 Å². The third kappa shape index (κ3) is 4.68. The Balaban J connectivity index is 1.77. The third-order valence-electron chi connectivity index (χ3n) is 3.19. The normalized spacial score (nSPS) is 10.4. The summed E-state index contributed by atoms with van der Waals surface area (Å²) in [4.78, 5) is 11.7. The highest BCUT2D eigenvalue weighted by Gasteiger charge is 2.05. The van der Waals surface area contributed by atoms with Crippen molar-refractivity contribution in [3.05, 3.63) is 65.5 Å².